The first-order chi connectivity index (χ1) is 16.0. The molecule has 3 aromatic carbocycles. The van der Waals surface area contributed by atoms with Gasteiger partial charge in [-0.1, -0.05) is 64.0 Å². The van der Waals surface area contributed by atoms with Gasteiger partial charge in [0.05, 0.1) is 23.9 Å². The van der Waals surface area contributed by atoms with E-state index in [1.54, 1.807) is 0 Å². The average molecular weight is 522 g/mol. The molecule has 168 valence electrons. The van der Waals surface area contributed by atoms with Crippen molar-refractivity contribution in [3.63, 3.8) is 0 Å². The first-order valence-electron chi connectivity index (χ1n) is 10.6. The van der Waals surface area contributed by atoms with Crippen LogP contribution < -0.4 is 20.7 Å². The van der Waals surface area contributed by atoms with E-state index in [0.717, 1.165) is 26.9 Å². The van der Waals surface area contributed by atoms with Crippen molar-refractivity contribution < 1.29 is 9.53 Å². The van der Waals surface area contributed by atoms with E-state index < -0.39 is 6.04 Å². The lowest BCUT2D eigenvalue weighted by molar-refractivity contribution is -0.113. The molecule has 4 rings (SSSR count). The summed E-state index contributed by atoms with van der Waals surface area (Å²) in [5.74, 6) is 0.462. The number of hydrogen-bond donors (Lipinski definition) is 3. The smallest absolute Gasteiger partial charge is 0.256 e. The molecular formula is C26H24BrN3O2S. The highest BCUT2D eigenvalue weighted by molar-refractivity contribution is 9.10. The van der Waals surface area contributed by atoms with Crippen LogP contribution in [0.5, 0.6) is 5.75 Å². The predicted molar refractivity (Wildman–Crippen MR) is 140 cm³/mol. The molecule has 1 atom stereocenters. The summed E-state index contributed by atoms with van der Waals surface area (Å²) in [4.78, 5) is 13.7. The van der Waals surface area contributed by atoms with E-state index >= 15 is 0 Å². The zero-order valence-corrected chi connectivity index (χ0v) is 20.7. The van der Waals surface area contributed by atoms with E-state index in [-0.39, 0.29) is 5.91 Å². The Morgan fingerprint density at radius 3 is 2.52 bits per heavy atom. The van der Waals surface area contributed by atoms with E-state index in [0.29, 0.717) is 28.7 Å². The van der Waals surface area contributed by atoms with E-state index in [9.17, 15) is 4.79 Å². The molecule has 33 heavy (non-hydrogen) atoms. The predicted octanol–water partition coefficient (Wildman–Crippen LogP) is 5.73. The third-order valence-electron chi connectivity index (χ3n) is 5.27. The first kappa shape index (κ1) is 23.0. The Kier molecular flexibility index (Phi) is 7.11. The number of amides is 1. The lowest BCUT2D eigenvalue weighted by atomic mass is 9.91. The molecule has 0 fully saturated rings. The first-order valence-corrected chi connectivity index (χ1v) is 11.8. The number of anilines is 1. The number of benzene rings is 3. The highest BCUT2D eigenvalue weighted by atomic mass is 79.9. The zero-order valence-electron chi connectivity index (χ0n) is 18.3. The van der Waals surface area contributed by atoms with Crippen molar-refractivity contribution in [2.45, 2.75) is 19.9 Å². The van der Waals surface area contributed by atoms with E-state index in [4.69, 9.17) is 17.0 Å². The number of halogens is 1. The number of carbonyl (C=O) groups is 1. The molecule has 1 heterocycles. The van der Waals surface area contributed by atoms with E-state index in [1.807, 2.05) is 86.6 Å². The minimum atomic E-state index is -0.515. The number of rotatable bonds is 6. The molecular weight excluding hydrogens is 498 g/mol. The summed E-state index contributed by atoms with van der Waals surface area (Å²) in [6.07, 6.45) is 0. The quantitative estimate of drug-likeness (QED) is 0.362. The summed E-state index contributed by atoms with van der Waals surface area (Å²) >= 11 is 9.10. The summed E-state index contributed by atoms with van der Waals surface area (Å²) in [7, 11) is 0. The largest absolute Gasteiger partial charge is 0.494 e. The van der Waals surface area contributed by atoms with Crippen LogP contribution in [0.1, 0.15) is 29.7 Å². The number of nitrogens with one attached hydrogen (secondary N) is 3. The van der Waals surface area contributed by atoms with Gasteiger partial charge in [0, 0.05) is 15.7 Å². The van der Waals surface area contributed by atoms with Crippen molar-refractivity contribution in [2.24, 2.45) is 0 Å². The summed E-state index contributed by atoms with van der Waals surface area (Å²) in [5, 5.41) is 9.98. The molecule has 1 aliphatic heterocycles. The van der Waals surface area contributed by atoms with Crippen molar-refractivity contribution in [1.29, 1.82) is 0 Å². The lowest BCUT2D eigenvalue weighted by Crippen LogP contribution is -2.45. The molecule has 0 saturated carbocycles. The Balaban J connectivity index is 1.87. The second kappa shape index (κ2) is 10.2. The van der Waals surface area contributed by atoms with Crippen LogP contribution >= 0.6 is 28.1 Å². The molecule has 1 unspecified atom stereocenters. The molecule has 0 radical (unpaired) electrons. The third-order valence-corrected chi connectivity index (χ3v) is 5.98. The maximum absolute atomic E-state index is 13.7. The van der Waals surface area contributed by atoms with Crippen LogP contribution in [0.4, 0.5) is 5.69 Å². The van der Waals surface area contributed by atoms with Crippen LogP contribution in [0.25, 0.3) is 5.70 Å². The number of aryl methyl sites for hydroxylation is 1. The van der Waals surface area contributed by atoms with Crippen LogP contribution in [-0.2, 0) is 4.79 Å². The standard InChI is InChI=1S/C26H24BrN3O2S/c1-3-32-21-14-11-18(27)15-20(21)24-22(25(31)28-19-12-9-16(2)10-13-19)23(29-26(33)30-24)17-7-5-4-6-8-17/h4-15,24H,3H2,1-2H3,(H,28,31)(H2,29,30,33). The lowest BCUT2D eigenvalue weighted by Gasteiger charge is -2.32. The molecule has 3 N–H and O–H groups in total. The normalized spacial score (nSPS) is 15.5. The molecule has 0 aromatic heterocycles. The van der Waals surface area contributed by atoms with Crippen molar-refractivity contribution in [3.05, 3.63) is 99.5 Å². The van der Waals surface area contributed by atoms with Gasteiger partial charge in [0.2, 0.25) is 0 Å². The van der Waals surface area contributed by atoms with Crippen LogP contribution in [-0.4, -0.2) is 17.6 Å². The molecule has 0 spiro atoms. The van der Waals surface area contributed by atoms with Gasteiger partial charge in [-0.15, -0.1) is 0 Å². The van der Waals surface area contributed by atoms with Gasteiger partial charge >= 0.3 is 0 Å². The fraction of sp³-hybridized carbons (Fsp3) is 0.154. The topological polar surface area (TPSA) is 62.4 Å². The number of ether oxygens (including phenoxy) is 1. The third kappa shape index (κ3) is 5.26. The second-order valence-corrected chi connectivity index (χ2v) is 8.95. The molecule has 0 bridgehead atoms. The van der Waals surface area contributed by atoms with Gasteiger partial charge in [0.15, 0.2) is 5.11 Å². The fourth-order valence-electron chi connectivity index (χ4n) is 3.74. The molecule has 3 aromatic rings. The van der Waals surface area contributed by atoms with Gasteiger partial charge in [-0.25, -0.2) is 0 Å². The molecule has 1 amide bonds. The Labute approximate surface area is 207 Å². The Bertz CT molecular complexity index is 1210. The summed E-state index contributed by atoms with van der Waals surface area (Å²) in [6.45, 7) is 4.45. The highest BCUT2D eigenvalue weighted by Gasteiger charge is 2.34. The van der Waals surface area contributed by atoms with Gasteiger partial charge < -0.3 is 20.7 Å². The number of thiocarbonyl (C=S) groups is 1. The maximum atomic E-state index is 13.7. The van der Waals surface area contributed by atoms with Gasteiger partial charge in [0.1, 0.15) is 5.75 Å². The van der Waals surface area contributed by atoms with Crippen LogP contribution in [0.15, 0.2) is 82.8 Å². The monoisotopic (exact) mass is 521 g/mol. The van der Waals surface area contributed by atoms with Gasteiger partial charge in [-0.3, -0.25) is 4.79 Å². The summed E-state index contributed by atoms with van der Waals surface area (Å²) in [5.41, 5.74) is 4.71. The molecule has 5 nitrogen and oxygen atoms in total. The fourth-order valence-corrected chi connectivity index (χ4v) is 4.34. The average Bonchev–Trinajstić information content (AvgIpc) is 2.82. The molecule has 0 aliphatic carbocycles. The maximum Gasteiger partial charge on any atom is 0.256 e. The molecule has 1 aliphatic rings. The highest BCUT2D eigenvalue weighted by Crippen LogP contribution is 2.37. The summed E-state index contributed by atoms with van der Waals surface area (Å²) < 4.78 is 6.78. The number of hydrogen-bond acceptors (Lipinski definition) is 3. The SMILES string of the molecule is CCOc1ccc(Br)cc1C1NC(=S)NC(c2ccccc2)=C1C(=O)Nc1ccc(C)cc1. The Morgan fingerprint density at radius 2 is 1.82 bits per heavy atom. The molecule has 0 saturated heterocycles. The van der Waals surface area contributed by atoms with Gasteiger partial charge in [0.25, 0.3) is 5.91 Å². The van der Waals surface area contributed by atoms with Crippen LogP contribution in [0.3, 0.4) is 0 Å². The Morgan fingerprint density at radius 1 is 1.09 bits per heavy atom. The van der Waals surface area contributed by atoms with Crippen molar-refractivity contribution in [1.82, 2.24) is 10.6 Å². The second-order valence-electron chi connectivity index (χ2n) is 7.62. The number of carbonyl (C=O) groups excluding carboxylic acids is 1. The van der Waals surface area contributed by atoms with Gasteiger partial charge in [-0.2, -0.15) is 0 Å². The van der Waals surface area contributed by atoms with E-state index in [1.165, 1.54) is 0 Å². The molecule has 7 heteroatoms. The minimum Gasteiger partial charge on any atom is -0.494 e. The van der Waals surface area contributed by atoms with Crippen molar-refractivity contribution >= 4 is 50.6 Å². The minimum absolute atomic E-state index is 0.229. The van der Waals surface area contributed by atoms with Crippen LogP contribution in [0.2, 0.25) is 0 Å². The Hall–Kier alpha value is -3.16. The van der Waals surface area contributed by atoms with E-state index in [2.05, 4.69) is 31.9 Å². The summed E-state index contributed by atoms with van der Waals surface area (Å²) in [6, 6.07) is 22.7. The van der Waals surface area contributed by atoms with Gasteiger partial charge in [-0.05, 0) is 62.0 Å². The van der Waals surface area contributed by atoms with Crippen LogP contribution in [0, 0.1) is 6.92 Å². The van der Waals surface area contributed by atoms with Crippen molar-refractivity contribution in [2.75, 3.05) is 11.9 Å². The van der Waals surface area contributed by atoms with Crippen molar-refractivity contribution in [3.8, 4) is 5.75 Å². The zero-order chi connectivity index (χ0) is 23.4.